The second kappa shape index (κ2) is 6.61. The van der Waals surface area contributed by atoms with E-state index in [9.17, 15) is 0 Å². The topological polar surface area (TPSA) is 15.3 Å². The molecule has 2 aliphatic rings. The molecule has 1 atom stereocenters. The van der Waals surface area contributed by atoms with E-state index >= 15 is 0 Å². The van der Waals surface area contributed by atoms with Crippen LogP contribution in [-0.2, 0) is 0 Å². The lowest BCUT2D eigenvalue weighted by atomic mass is 10.0. The zero-order chi connectivity index (χ0) is 11.2. The van der Waals surface area contributed by atoms with Crippen molar-refractivity contribution in [1.29, 1.82) is 0 Å². The highest BCUT2D eigenvalue weighted by atomic mass is 15.2. The van der Waals surface area contributed by atoms with Gasteiger partial charge in [-0.25, -0.2) is 0 Å². The molecule has 2 heteroatoms. The minimum absolute atomic E-state index is 0.832. The summed E-state index contributed by atoms with van der Waals surface area (Å²) >= 11 is 0. The van der Waals surface area contributed by atoms with E-state index in [1.54, 1.807) is 0 Å². The second-order valence-electron chi connectivity index (χ2n) is 5.62. The van der Waals surface area contributed by atoms with Crippen molar-refractivity contribution in [3.05, 3.63) is 0 Å². The lowest BCUT2D eigenvalue weighted by molar-refractivity contribution is 0.141. The van der Waals surface area contributed by atoms with Crippen molar-refractivity contribution in [3.63, 3.8) is 0 Å². The summed E-state index contributed by atoms with van der Waals surface area (Å²) in [5.41, 5.74) is 0. The molecule has 1 N–H and O–H groups in total. The molecule has 0 amide bonds. The molecular formula is C14H28N2. The smallest absolute Gasteiger partial charge is 0.0220 e. The van der Waals surface area contributed by atoms with E-state index in [0.717, 1.165) is 12.0 Å². The average molecular weight is 224 g/mol. The van der Waals surface area contributed by atoms with Crippen molar-refractivity contribution in [2.75, 3.05) is 26.2 Å². The molecule has 2 rings (SSSR count). The summed E-state index contributed by atoms with van der Waals surface area (Å²) in [6.07, 6.45) is 10.0. The SMILES string of the molecule is CCCNCC1CCCCN1CCC1CC1. The zero-order valence-electron chi connectivity index (χ0n) is 10.9. The van der Waals surface area contributed by atoms with Gasteiger partial charge in [0.15, 0.2) is 0 Å². The van der Waals surface area contributed by atoms with Crippen molar-refractivity contribution in [2.24, 2.45) is 5.92 Å². The largest absolute Gasteiger partial charge is 0.315 e. The van der Waals surface area contributed by atoms with Gasteiger partial charge in [0.1, 0.15) is 0 Å². The molecule has 16 heavy (non-hydrogen) atoms. The van der Waals surface area contributed by atoms with Crippen LogP contribution < -0.4 is 5.32 Å². The van der Waals surface area contributed by atoms with Gasteiger partial charge in [0.2, 0.25) is 0 Å². The minimum Gasteiger partial charge on any atom is -0.315 e. The predicted molar refractivity (Wildman–Crippen MR) is 69.7 cm³/mol. The normalized spacial score (nSPS) is 27.2. The summed E-state index contributed by atoms with van der Waals surface area (Å²) in [4.78, 5) is 2.75. The van der Waals surface area contributed by atoms with Crippen molar-refractivity contribution in [2.45, 2.75) is 57.9 Å². The third kappa shape index (κ3) is 4.06. The fourth-order valence-electron chi connectivity index (χ4n) is 2.79. The van der Waals surface area contributed by atoms with Crippen LogP contribution in [-0.4, -0.2) is 37.1 Å². The molecular weight excluding hydrogens is 196 g/mol. The first-order valence-corrected chi connectivity index (χ1v) is 7.35. The Morgan fingerprint density at radius 3 is 2.81 bits per heavy atom. The quantitative estimate of drug-likeness (QED) is 0.669. The van der Waals surface area contributed by atoms with Gasteiger partial charge < -0.3 is 5.32 Å². The Bertz CT molecular complexity index is 189. The number of piperidine rings is 1. The van der Waals surface area contributed by atoms with Crippen LogP contribution in [0, 0.1) is 5.92 Å². The van der Waals surface area contributed by atoms with E-state index in [-0.39, 0.29) is 0 Å². The second-order valence-corrected chi connectivity index (χ2v) is 5.62. The monoisotopic (exact) mass is 224 g/mol. The Morgan fingerprint density at radius 2 is 2.06 bits per heavy atom. The van der Waals surface area contributed by atoms with Gasteiger partial charge in [-0.05, 0) is 51.2 Å². The molecule has 1 unspecified atom stereocenters. The molecule has 0 aromatic rings. The van der Waals surface area contributed by atoms with E-state index in [1.165, 1.54) is 71.1 Å². The minimum atomic E-state index is 0.832. The summed E-state index contributed by atoms with van der Waals surface area (Å²) in [5, 5.41) is 3.60. The summed E-state index contributed by atoms with van der Waals surface area (Å²) < 4.78 is 0. The molecule has 1 saturated carbocycles. The summed E-state index contributed by atoms with van der Waals surface area (Å²) in [5.74, 6) is 1.09. The third-order valence-electron chi connectivity index (χ3n) is 4.08. The van der Waals surface area contributed by atoms with Crippen LogP contribution in [0.25, 0.3) is 0 Å². The van der Waals surface area contributed by atoms with Crippen LogP contribution in [0.3, 0.4) is 0 Å². The number of rotatable bonds is 7. The highest BCUT2D eigenvalue weighted by Crippen LogP contribution is 2.33. The molecule has 1 aliphatic carbocycles. The Kier molecular flexibility index (Phi) is 5.11. The molecule has 0 aromatic heterocycles. The van der Waals surface area contributed by atoms with Crippen molar-refractivity contribution in [1.82, 2.24) is 10.2 Å². The summed E-state index contributed by atoms with van der Waals surface area (Å²) in [7, 11) is 0. The maximum atomic E-state index is 3.60. The van der Waals surface area contributed by atoms with E-state index < -0.39 is 0 Å². The first-order chi connectivity index (χ1) is 7.90. The number of hydrogen-bond acceptors (Lipinski definition) is 2. The highest BCUT2D eigenvalue weighted by Gasteiger charge is 2.26. The predicted octanol–water partition coefficient (Wildman–Crippen LogP) is 2.64. The Hall–Kier alpha value is -0.0800. The van der Waals surface area contributed by atoms with Crippen LogP contribution in [0.5, 0.6) is 0 Å². The lowest BCUT2D eigenvalue weighted by Crippen LogP contribution is -2.46. The molecule has 94 valence electrons. The van der Waals surface area contributed by atoms with Crippen LogP contribution in [0.15, 0.2) is 0 Å². The van der Waals surface area contributed by atoms with Gasteiger partial charge >= 0.3 is 0 Å². The van der Waals surface area contributed by atoms with Crippen LogP contribution in [0.1, 0.15) is 51.9 Å². The van der Waals surface area contributed by atoms with E-state index in [1.807, 2.05) is 0 Å². The first kappa shape index (κ1) is 12.4. The third-order valence-corrected chi connectivity index (χ3v) is 4.08. The standard InChI is InChI=1S/C14H28N2/c1-2-9-15-12-14-5-3-4-10-16(14)11-8-13-6-7-13/h13-15H,2-12H2,1H3. The molecule has 2 fully saturated rings. The molecule has 1 saturated heterocycles. The Balaban J connectivity index is 1.67. The molecule has 0 spiro atoms. The number of likely N-dealkylation sites (tertiary alicyclic amines) is 1. The van der Waals surface area contributed by atoms with Gasteiger partial charge in [-0.3, -0.25) is 4.90 Å². The van der Waals surface area contributed by atoms with E-state index in [0.29, 0.717) is 0 Å². The maximum absolute atomic E-state index is 3.60. The highest BCUT2D eigenvalue weighted by molar-refractivity contribution is 4.81. The lowest BCUT2D eigenvalue weighted by Gasteiger charge is -2.36. The molecule has 0 aromatic carbocycles. The van der Waals surface area contributed by atoms with Crippen LogP contribution in [0.2, 0.25) is 0 Å². The van der Waals surface area contributed by atoms with Gasteiger partial charge in [0.05, 0.1) is 0 Å². The zero-order valence-corrected chi connectivity index (χ0v) is 10.9. The van der Waals surface area contributed by atoms with E-state index in [2.05, 4.69) is 17.1 Å². The average Bonchev–Trinajstić information content (AvgIpc) is 3.12. The van der Waals surface area contributed by atoms with Gasteiger partial charge in [0.25, 0.3) is 0 Å². The fourth-order valence-corrected chi connectivity index (χ4v) is 2.79. The van der Waals surface area contributed by atoms with Crippen molar-refractivity contribution < 1.29 is 0 Å². The summed E-state index contributed by atoms with van der Waals surface area (Å²) in [6, 6.07) is 0.832. The van der Waals surface area contributed by atoms with E-state index in [4.69, 9.17) is 0 Å². The maximum Gasteiger partial charge on any atom is 0.0220 e. The van der Waals surface area contributed by atoms with Gasteiger partial charge in [-0.15, -0.1) is 0 Å². The van der Waals surface area contributed by atoms with Crippen molar-refractivity contribution in [3.8, 4) is 0 Å². The Labute approximate surface area is 101 Å². The fraction of sp³-hybridized carbons (Fsp3) is 1.00. The Morgan fingerprint density at radius 1 is 1.19 bits per heavy atom. The summed E-state index contributed by atoms with van der Waals surface area (Å²) in [6.45, 7) is 7.37. The molecule has 1 aliphatic heterocycles. The van der Waals surface area contributed by atoms with Crippen LogP contribution in [0.4, 0.5) is 0 Å². The molecule has 1 heterocycles. The van der Waals surface area contributed by atoms with Gasteiger partial charge in [-0.1, -0.05) is 26.2 Å². The molecule has 0 radical (unpaired) electrons. The molecule has 2 nitrogen and oxygen atoms in total. The van der Waals surface area contributed by atoms with Gasteiger partial charge in [0, 0.05) is 12.6 Å². The number of nitrogens with one attached hydrogen (secondary N) is 1. The van der Waals surface area contributed by atoms with Crippen LogP contribution >= 0.6 is 0 Å². The number of nitrogens with zero attached hydrogens (tertiary/aromatic N) is 1. The van der Waals surface area contributed by atoms with Crippen molar-refractivity contribution >= 4 is 0 Å². The first-order valence-electron chi connectivity index (χ1n) is 7.35. The molecule has 0 bridgehead atoms. The van der Waals surface area contributed by atoms with Gasteiger partial charge in [-0.2, -0.15) is 0 Å². The number of hydrogen-bond donors (Lipinski definition) is 1.